The Morgan fingerprint density at radius 2 is 1.88 bits per heavy atom. The fourth-order valence-corrected chi connectivity index (χ4v) is 2.48. The molecular formula is C15H16O9. The number of hydrogen-bond acceptors (Lipinski definition) is 9. The number of hydrogen-bond donors (Lipinski definition) is 5. The van der Waals surface area contributed by atoms with Crippen molar-refractivity contribution in [1.82, 2.24) is 0 Å². The van der Waals surface area contributed by atoms with Crippen LogP contribution < -0.4 is 10.4 Å². The van der Waals surface area contributed by atoms with E-state index in [1.54, 1.807) is 6.07 Å². The first-order valence-corrected chi connectivity index (χ1v) is 7.15. The second-order valence-corrected chi connectivity index (χ2v) is 5.41. The molecule has 5 N–H and O–H groups in total. The molecule has 24 heavy (non-hydrogen) atoms. The number of ether oxygens (including phenoxy) is 2. The maximum Gasteiger partial charge on any atom is 0.379 e. The molecule has 1 aromatic carbocycles. The number of rotatable bonds is 3. The predicted octanol–water partition coefficient (Wildman–Crippen LogP) is -1.32. The van der Waals surface area contributed by atoms with Crippen LogP contribution >= 0.6 is 0 Å². The molecular weight excluding hydrogens is 324 g/mol. The van der Waals surface area contributed by atoms with Crippen molar-refractivity contribution < 1.29 is 39.4 Å². The van der Waals surface area contributed by atoms with Gasteiger partial charge in [-0.3, -0.25) is 0 Å². The third-order valence-corrected chi connectivity index (χ3v) is 3.80. The van der Waals surface area contributed by atoms with Crippen molar-refractivity contribution in [3.05, 3.63) is 34.7 Å². The second-order valence-electron chi connectivity index (χ2n) is 5.41. The number of aromatic hydroxyl groups is 1. The SMILES string of the molecule is O=c1oc2c(O)cccc2cc1O[C@@H]1O[C@H](CO)[C@@H](O)[C@H](O)[C@H]1O. The van der Waals surface area contributed by atoms with Crippen molar-refractivity contribution >= 4 is 11.0 Å². The standard InChI is InChI=1S/C15H16O9/c16-5-9-10(18)11(19)12(20)15(23-9)22-8-4-6-2-1-3-7(17)13(6)24-14(8)21/h1-4,9-12,15-20H,5H2/t9-,10-,11+,12-,15-/m1/s1. The molecule has 2 aromatic rings. The zero-order valence-electron chi connectivity index (χ0n) is 12.3. The molecule has 0 spiro atoms. The summed E-state index contributed by atoms with van der Waals surface area (Å²) >= 11 is 0. The first-order chi connectivity index (χ1) is 11.4. The van der Waals surface area contributed by atoms with Crippen LogP contribution in [0.1, 0.15) is 0 Å². The van der Waals surface area contributed by atoms with Crippen LogP contribution in [-0.2, 0) is 4.74 Å². The van der Waals surface area contributed by atoms with Crippen molar-refractivity contribution in [3.8, 4) is 11.5 Å². The summed E-state index contributed by atoms with van der Waals surface area (Å²) in [5.74, 6) is -0.540. The van der Waals surface area contributed by atoms with Gasteiger partial charge in [-0.05, 0) is 12.1 Å². The molecule has 0 saturated carbocycles. The fourth-order valence-electron chi connectivity index (χ4n) is 2.48. The van der Waals surface area contributed by atoms with Gasteiger partial charge >= 0.3 is 5.63 Å². The third-order valence-electron chi connectivity index (χ3n) is 3.80. The van der Waals surface area contributed by atoms with Gasteiger partial charge in [-0.15, -0.1) is 0 Å². The monoisotopic (exact) mass is 340 g/mol. The van der Waals surface area contributed by atoms with Gasteiger partial charge in [0.1, 0.15) is 24.4 Å². The van der Waals surface area contributed by atoms with Gasteiger partial charge in [-0.25, -0.2) is 4.79 Å². The van der Waals surface area contributed by atoms with Crippen molar-refractivity contribution in [3.63, 3.8) is 0 Å². The molecule has 1 aliphatic heterocycles. The molecule has 1 saturated heterocycles. The van der Waals surface area contributed by atoms with Crippen LogP contribution in [0, 0.1) is 0 Å². The summed E-state index contributed by atoms with van der Waals surface area (Å²) in [5, 5.41) is 48.5. The van der Waals surface area contributed by atoms with E-state index in [2.05, 4.69) is 0 Å². The number of para-hydroxylation sites is 1. The first-order valence-electron chi connectivity index (χ1n) is 7.15. The zero-order valence-corrected chi connectivity index (χ0v) is 12.3. The molecule has 5 atom stereocenters. The van der Waals surface area contributed by atoms with Crippen molar-refractivity contribution in [2.24, 2.45) is 0 Å². The van der Waals surface area contributed by atoms with E-state index >= 15 is 0 Å². The number of aliphatic hydroxyl groups is 4. The van der Waals surface area contributed by atoms with Crippen LogP contribution in [-0.4, -0.2) is 62.8 Å². The highest BCUT2D eigenvalue weighted by atomic mass is 16.7. The van der Waals surface area contributed by atoms with E-state index in [9.17, 15) is 25.2 Å². The van der Waals surface area contributed by atoms with E-state index in [1.807, 2.05) is 0 Å². The van der Waals surface area contributed by atoms with Gasteiger partial charge in [-0.2, -0.15) is 0 Å². The van der Waals surface area contributed by atoms with E-state index < -0.39 is 42.9 Å². The Bertz CT molecular complexity index is 784. The van der Waals surface area contributed by atoms with Gasteiger partial charge in [-0.1, -0.05) is 12.1 Å². The molecule has 0 bridgehead atoms. The second kappa shape index (κ2) is 6.38. The van der Waals surface area contributed by atoms with E-state index in [0.717, 1.165) is 0 Å². The van der Waals surface area contributed by atoms with Gasteiger partial charge in [0.25, 0.3) is 0 Å². The van der Waals surface area contributed by atoms with E-state index in [-0.39, 0.29) is 17.1 Å². The topological polar surface area (TPSA) is 150 Å². The molecule has 1 aromatic heterocycles. The minimum atomic E-state index is -1.65. The Balaban J connectivity index is 1.91. The number of fused-ring (bicyclic) bond motifs is 1. The Labute approximate surface area is 134 Å². The molecule has 130 valence electrons. The van der Waals surface area contributed by atoms with Crippen LogP contribution in [0.5, 0.6) is 11.5 Å². The van der Waals surface area contributed by atoms with Gasteiger partial charge in [0.05, 0.1) is 6.61 Å². The molecule has 3 rings (SSSR count). The Hall–Kier alpha value is -2.17. The average molecular weight is 340 g/mol. The number of phenolic OH excluding ortho intramolecular Hbond substituents is 1. The number of benzene rings is 1. The summed E-state index contributed by atoms with van der Waals surface area (Å²) in [5.41, 5.74) is -0.954. The van der Waals surface area contributed by atoms with Gasteiger partial charge in [0.2, 0.25) is 12.0 Å². The number of aliphatic hydroxyl groups excluding tert-OH is 4. The minimum absolute atomic E-state index is 0.0244. The predicted molar refractivity (Wildman–Crippen MR) is 78.5 cm³/mol. The molecule has 9 nitrogen and oxygen atoms in total. The molecule has 0 amide bonds. The van der Waals surface area contributed by atoms with Crippen LogP contribution in [0.15, 0.2) is 33.5 Å². The first kappa shape index (κ1) is 16.7. The summed E-state index contributed by atoms with van der Waals surface area (Å²) < 4.78 is 15.4. The van der Waals surface area contributed by atoms with Crippen LogP contribution in [0.2, 0.25) is 0 Å². The Morgan fingerprint density at radius 3 is 2.58 bits per heavy atom. The Morgan fingerprint density at radius 1 is 1.12 bits per heavy atom. The largest absolute Gasteiger partial charge is 0.504 e. The van der Waals surface area contributed by atoms with Crippen molar-refractivity contribution in [2.45, 2.75) is 30.7 Å². The third kappa shape index (κ3) is 2.83. The molecule has 0 radical (unpaired) electrons. The molecule has 0 aliphatic carbocycles. The molecule has 1 aliphatic rings. The summed E-state index contributed by atoms with van der Waals surface area (Å²) in [6.07, 6.45) is -7.47. The maximum atomic E-state index is 12.0. The lowest BCUT2D eigenvalue weighted by molar-refractivity contribution is -0.277. The quantitative estimate of drug-likeness (QED) is 0.429. The number of phenols is 1. The lowest BCUT2D eigenvalue weighted by atomic mass is 9.99. The summed E-state index contributed by atoms with van der Waals surface area (Å²) in [7, 11) is 0. The maximum absolute atomic E-state index is 12.0. The van der Waals surface area contributed by atoms with Crippen LogP contribution in [0.4, 0.5) is 0 Å². The highest BCUT2D eigenvalue weighted by molar-refractivity contribution is 5.82. The molecule has 9 heteroatoms. The van der Waals surface area contributed by atoms with E-state index in [0.29, 0.717) is 5.39 Å². The van der Waals surface area contributed by atoms with Crippen molar-refractivity contribution in [1.29, 1.82) is 0 Å². The smallest absolute Gasteiger partial charge is 0.379 e. The van der Waals surface area contributed by atoms with Crippen LogP contribution in [0.3, 0.4) is 0 Å². The lowest BCUT2D eigenvalue weighted by Gasteiger charge is -2.39. The fraction of sp³-hybridized carbons (Fsp3) is 0.400. The van der Waals surface area contributed by atoms with Crippen LogP contribution in [0.25, 0.3) is 11.0 Å². The summed E-state index contributed by atoms with van der Waals surface area (Å²) in [6, 6.07) is 5.74. The summed E-state index contributed by atoms with van der Waals surface area (Å²) in [6.45, 7) is -0.620. The zero-order chi connectivity index (χ0) is 17.4. The molecule has 2 heterocycles. The van der Waals surface area contributed by atoms with E-state index in [4.69, 9.17) is 19.0 Å². The average Bonchev–Trinajstić information content (AvgIpc) is 2.57. The summed E-state index contributed by atoms with van der Waals surface area (Å²) in [4.78, 5) is 12.0. The highest BCUT2D eigenvalue weighted by Crippen LogP contribution is 2.27. The molecule has 0 unspecified atom stereocenters. The lowest BCUT2D eigenvalue weighted by Crippen LogP contribution is -2.60. The van der Waals surface area contributed by atoms with Gasteiger partial charge in [0, 0.05) is 5.39 Å². The highest BCUT2D eigenvalue weighted by Gasteiger charge is 2.45. The van der Waals surface area contributed by atoms with Crippen molar-refractivity contribution in [2.75, 3.05) is 6.61 Å². The van der Waals surface area contributed by atoms with Gasteiger partial charge in [0.15, 0.2) is 11.3 Å². The van der Waals surface area contributed by atoms with Gasteiger partial charge < -0.3 is 39.4 Å². The van der Waals surface area contributed by atoms with E-state index in [1.165, 1.54) is 18.2 Å². The minimum Gasteiger partial charge on any atom is -0.504 e. The normalized spacial score (nSPS) is 30.4. The molecule has 1 fully saturated rings. The Kier molecular flexibility index (Phi) is 4.43.